The van der Waals surface area contributed by atoms with E-state index in [1.54, 1.807) is 0 Å². The number of para-hydroxylation sites is 2. The largest absolute Gasteiger partial charge is 0.378 e. The van der Waals surface area contributed by atoms with Crippen LogP contribution in [0, 0.1) is 5.92 Å². The van der Waals surface area contributed by atoms with Gasteiger partial charge in [-0.25, -0.2) is 4.79 Å². The van der Waals surface area contributed by atoms with Crippen LogP contribution in [-0.2, 0) is 4.74 Å². The molecule has 1 aromatic rings. The van der Waals surface area contributed by atoms with E-state index in [0.717, 1.165) is 63.5 Å². The molecule has 1 saturated heterocycles. The van der Waals surface area contributed by atoms with Gasteiger partial charge in [-0.1, -0.05) is 24.3 Å². The lowest BCUT2D eigenvalue weighted by molar-refractivity contribution is 0.123. The number of ether oxygens (including phenoxy) is 1. The fourth-order valence-electron chi connectivity index (χ4n) is 3.10. The Morgan fingerprint density at radius 1 is 1.22 bits per heavy atom. The monoisotopic (exact) mass is 315 g/mol. The minimum atomic E-state index is -0.125. The number of allylic oxidation sites excluding steroid dienone is 2. The first-order valence-corrected chi connectivity index (χ1v) is 8.44. The maximum Gasteiger partial charge on any atom is 0.319 e. The maximum absolute atomic E-state index is 12.2. The first kappa shape index (κ1) is 15.9. The van der Waals surface area contributed by atoms with Crippen molar-refractivity contribution in [2.24, 2.45) is 5.92 Å². The molecule has 1 aliphatic heterocycles. The third-order valence-corrected chi connectivity index (χ3v) is 4.43. The zero-order chi connectivity index (χ0) is 15.9. The van der Waals surface area contributed by atoms with Crippen LogP contribution in [0.1, 0.15) is 19.3 Å². The summed E-state index contributed by atoms with van der Waals surface area (Å²) >= 11 is 0. The van der Waals surface area contributed by atoms with E-state index in [1.165, 1.54) is 0 Å². The Hall–Kier alpha value is -2.01. The lowest BCUT2D eigenvalue weighted by Gasteiger charge is -2.30. The number of rotatable bonds is 4. The Morgan fingerprint density at radius 2 is 2.04 bits per heavy atom. The molecule has 23 heavy (non-hydrogen) atoms. The van der Waals surface area contributed by atoms with E-state index in [-0.39, 0.29) is 6.03 Å². The zero-order valence-corrected chi connectivity index (χ0v) is 13.5. The van der Waals surface area contributed by atoms with Crippen molar-refractivity contribution in [1.82, 2.24) is 5.32 Å². The number of amides is 2. The molecule has 0 radical (unpaired) electrons. The summed E-state index contributed by atoms with van der Waals surface area (Å²) in [6.07, 6.45) is 7.76. The summed E-state index contributed by atoms with van der Waals surface area (Å²) < 4.78 is 5.40. The molecular formula is C18H25N3O2. The highest BCUT2D eigenvalue weighted by Gasteiger charge is 2.16. The lowest BCUT2D eigenvalue weighted by atomic mass is 9.94. The molecule has 0 spiro atoms. The van der Waals surface area contributed by atoms with Crippen molar-refractivity contribution in [3.8, 4) is 0 Å². The van der Waals surface area contributed by atoms with Crippen LogP contribution in [0.4, 0.5) is 16.2 Å². The molecule has 0 saturated carbocycles. The zero-order valence-electron chi connectivity index (χ0n) is 13.5. The van der Waals surface area contributed by atoms with Gasteiger partial charge in [-0.05, 0) is 37.3 Å². The second-order valence-corrected chi connectivity index (χ2v) is 6.10. The van der Waals surface area contributed by atoms with Crippen LogP contribution in [0.15, 0.2) is 36.4 Å². The molecule has 0 aromatic heterocycles. The van der Waals surface area contributed by atoms with E-state index < -0.39 is 0 Å². The standard InChI is InChI=1S/C18H25N3O2/c22-18(19-14-15-6-2-1-3-7-15)20-16-8-4-5-9-17(16)21-10-12-23-13-11-21/h1-2,4-5,8-9,15H,3,6-7,10-14H2,(H2,19,20,22). The Bertz CT molecular complexity index is 553. The van der Waals surface area contributed by atoms with Gasteiger partial charge in [0.1, 0.15) is 0 Å². The number of morpholine rings is 1. The van der Waals surface area contributed by atoms with Crippen LogP contribution >= 0.6 is 0 Å². The van der Waals surface area contributed by atoms with Crippen molar-refractivity contribution in [2.45, 2.75) is 19.3 Å². The molecular weight excluding hydrogens is 290 g/mol. The number of carbonyl (C=O) groups excluding carboxylic acids is 1. The van der Waals surface area contributed by atoms with E-state index in [2.05, 4.69) is 27.7 Å². The van der Waals surface area contributed by atoms with Crippen LogP contribution in [0.3, 0.4) is 0 Å². The van der Waals surface area contributed by atoms with Gasteiger partial charge in [0.05, 0.1) is 24.6 Å². The van der Waals surface area contributed by atoms with Gasteiger partial charge in [-0.15, -0.1) is 0 Å². The number of urea groups is 1. The highest BCUT2D eigenvalue weighted by atomic mass is 16.5. The average molecular weight is 315 g/mol. The van der Waals surface area contributed by atoms with Gasteiger partial charge in [0.15, 0.2) is 0 Å². The molecule has 1 unspecified atom stereocenters. The molecule has 124 valence electrons. The minimum absolute atomic E-state index is 0.125. The van der Waals surface area contributed by atoms with Gasteiger partial charge in [0.25, 0.3) is 0 Å². The van der Waals surface area contributed by atoms with Crippen molar-refractivity contribution in [1.29, 1.82) is 0 Å². The highest BCUT2D eigenvalue weighted by Crippen LogP contribution is 2.26. The Kier molecular flexibility index (Phi) is 5.53. The van der Waals surface area contributed by atoms with E-state index >= 15 is 0 Å². The number of carbonyl (C=O) groups is 1. The smallest absolute Gasteiger partial charge is 0.319 e. The van der Waals surface area contributed by atoms with Gasteiger partial charge < -0.3 is 20.3 Å². The quantitative estimate of drug-likeness (QED) is 0.840. The number of benzene rings is 1. The summed E-state index contributed by atoms with van der Waals surface area (Å²) in [5.41, 5.74) is 1.92. The second-order valence-electron chi connectivity index (χ2n) is 6.10. The average Bonchev–Trinajstić information content (AvgIpc) is 2.62. The van der Waals surface area contributed by atoms with Crippen LogP contribution in [0.5, 0.6) is 0 Å². The summed E-state index contributed by atoms with van der Waals surface area (Å²) in [7, 11) is 0. The predicted octanol–water partition coefficient (Wildman–Crippen LogP) is 3.00. The number of anilines is 2. The van der Waals surface area contributed by atoms with E-state index in [1.807, 2.05) is 24.3 Å². The third kappa shape index (κ3) is 4.48. The molecule has 1 fully saturated rings. The van der Waals surface area contributed by atoms with Crippen molar-refractivity contribution in [2.75, 3.05) is 43.1 Å². The van der Waals surface area contributed by atoms with Crippen molar-refractivity contribution >= 4 is 17.4 Å². The molecule has 1 heterocycles. The third-order valence-electron chi connectivity index (χ3n) is 4.43. The summed E-state index contributed by atoms with van der Waals surface area (Å²) in [4.78, 5) is 14.5. The Morgan fingerprint density at radius 3 is 2.83 bits per heavy atom. The molecule has 1 aromatic carbocycles. The topological polar surface area (TPSA) is 53.6 Å². The van der Waals surface area contributed by atoms with Gasteiger partial charge in [0, 0.05) is 19.6 Å². The summed E-state index contributed by atoms with van der Waals surface area (Å²) in [6.45, 7) is 3.91. The van der Waals surface area contributed by atoms with E-state index in [9.17, 15) is 4.79 Å². The number of nitrogens with one attached hydrogen (secondary N) is 2. The van der Waals surface area contributed by atoms with Gasteiger partial charge in [0.2, 0.25) is 0 Å². The van der Waals surface area contributed by atoms with Crippen LogP contribution in [0.25, 0.3) is 0 Å². The predicted molar refractivity (Wildman–Crippen MR) is 93.0 cm³/mol. The Balaban J connectivity index is 1.56. The molecule has 5 heteroatoms. The molecule has 5 nitrogen and oxygen atoms in total. The van der Waals surface area contributed by atoms with Crippen LogP contribution in [-0.4, -0.2) is 38.9 Å². The molecule has 3 rings (SSSR count). The Labute approximate surface area is 137 Å². The second kappa shape index (κ2) is 8.02. The molecule has 1 atom stereocenters. The highest BCUT2D eigenvalue weighted by molar-refractivity contribution is 5.93. The maximum atomic E-state index is 12.2. The molecule has 2 amide bonds. The number of nitrogens with zero attached hydrogens (tertiary/aromatic N) is 1. The number of hydrogen-bond acceptors (Lipinski definition) is 3. The minimum Gasteiger partial charge on any atom is -0.378 e. The van der Waals surface area contributed by atoms with Crippen LogP contribution in [0.2, 0.25) is 0 Å². The molecule has 0 bridgehead atoms. The van der Waals surface area contributed by atoms with E-state index in [0.29, 0.717) is 5.92 Å². The van der Waals surface area contributed by atoms with Crippen molar-refractivity contribution < 1.29 is 9.53 Å². The van der Waals surface area contributed by atoms with Crippen LogP contribution < -0.4 is 15.5 Å². The molecule has 2 N–H and O–H groups in total. The summed E-state index contributed by atoms with van der Waals surface area (Å²) in [5, 5.41) is 6.00. The SMILES string of the molecule is O=C(NCC1CC=CCC1)Nc1ccccc1N1CCOCC1. The summed E-state index contributed by atoms with van der Waals surface area (Å²) in [6, 6.07) is 7.83. The summed E-state index contributed by atoms with van der Waals surface area (Å²) in [5.74, 6) is 0.556. The fraction of sp³-hybridized carbons (Fsp3) is 0.500. The van der Waals surface area contributed by atoms with Gasteiger partial charge >= 0.3 is 6.03 Å². The van der Waals surface area contributed by atoms with Crippen molar-refractivity contribution in [3.63, 3.8) is 0 Å². The fourth-order valence-corrected chi connectivity index (χ4v) is 3.10. The van der Waals surface area contributed by atoms with E-state index in [4.69, 9.17) is 4.74 Å². The first-order chi connectivity index (χ1) is 11.3. The normalized spacial score (nSPS) is 21.0. The lowest BCUT2D eigenvalue weighted by Crippen LogP contribution is -2.37. The van der Waals surface area contributed by atoms with Gasteiger partial charge in [-0.3, -0.25) is 0 Å². The van der Waals surface area contributed by atoms with Crippen molar-refractivity contribution in [3.05, 3.63) is 36.4 Å². The molecule has 1 aliphatic carbocycles. The first-order valence-electron chi connectivity index (χ1n) is 8.44. The number of hydrogen-bond donors (Lipinski definition) is 2. The molecule has 2 aliphatic rings. The van der Waals surface area contributed by atoms with Gasteiger partial charge in [-0.2, -0.15) is 0 Å².